The fourth-order valence-corrected chi connectivity index (χ4v) is 12.3. The Morgan fingerprint density at radius 3 is 1.50 bits per heavy atom. The molecule has 6 atom stereocenters. The van der Waals surface area contributed by atoms with Gasteiger partial charge in [-0.15, -0.1) is 0 Å². The van der Waals surface area contributed by atoms with Gasteiger partial charge in [0.2, 0.25) is 35.4 Å². The summed E-state index contributed by atoms with van der Waals surface area (Å²) in [5.41, 5.74) is 2.49. The molecule has 1 saturated heterocycles. The van der Waals surface area contributed by atoms with Crippen LogP contribution in [0.2, 0.25) is 0 Å². The van der Waals surface area contributed by atoms with E-state index < -0.39 is 139 Å². The van der Waals surface area contributed by atoms with Gasteiger partial charge in [-0.2, -0.15) is 0 Å². The molecule has 6 unspecified atom stereocenters. The van der Waals surface area contributed by atoms with Gasteiger partial charge in [-0.05, 0) is 110 Å². The Morgan fingerprint density at radius 1 is 0.451 bits per heavy atom. The van der Waals surface area contributed by atoms with Crippen LogP contribution in [-0.4, -0.2) is 268 Å². The molecule has 0 aromatic heterocycles. The maximum atomic E-state index is 14.3. The summed E-state index contributed by atoms with van der Waals surface area (Å²) < 4.78 is 0. The monoisotopic (exact) mass is 1430 g/mol. The van der Waals surface area contributed by atoms with Crippen LogP contribution in [0.5, 0.6) is 0 Å². The number of amides is 6. The fraction of sp³-hybridized carbons (Fsp3) is 0.586. The number of nitrogens with zero attached hydrogens (tertiary/aromatic N) is 4. The van der Waals surface area contributed by atoms with Crippen LogP contribution in [0.25, 0.3) is 10.8 Å². The molecule has 102 heavy (non-hydrogen) atoms. The highest BCUT2D eigenvalue weighted by Crippen LogP contribution is 2.29. The molecule has 32 nitrogen and oxygen atoms in total. The first-order valence-corrected chi connectivity index (χ1v) is 34.7. The Balaban J connectivity index is 1.24. The summed E-state index contributed by atoms with van der Waals surface area (Å²) in [6, 6.07) is 14.5. The summed E-state index contributed by atoms with van der Waals surface area (Å²) >= 11 is 0. The number of aliphatic carboxylic acids is 7. The van der Waals surface area contributed by atoms with Gasteiger partial charge < -0.3 is 67.6 Å². The van der Waals surface area contributed by atoms with E-state index in [2.05, 4.69) is 56.4 Å². The van der Waals surface area contributed by atoms with Crippen molar-refractivity contribution in [3.63, 3.8) is 0 Å². The van der Waals surface area contributed by atoms with Crippen LogP contribution >= 0.6 is 0 Å². The molecular weight excluding hydrogens is 1330 g/mol. The van der Waals surface area contributed by atoms with Crippen LogP contribution in [-0.2, 0) is 75.2 Å². The maximum Gasteiger partial charge on any atom is 0.326 e. The van der Waals surface area contributed by atoms with E-state index in [0.717, 1.165) is 28.3 Å². The number of nitrogens with one attached hydrogen (secondary N) is 8. The number of fused-ring (bicyclic) bond motifs is 1. The number of hydrogen-bond donors (Lipinski definition) is 15. The molecule has 15 N–H and O–H groups in total. The summed E-state index contributed by atoms with van der Waals surface area (Å²) in [5, 5.41) is 91.2. The highest BCUT2D eigenvalue weighted by Gasteiger charge is 2.33. The molecule has 2 fully saturated rings. The van der Waals surface area contributed by atoms with E-state index in [4.69, 9.17) is 5.11 Å². The molecular formula is C70H102N12O20. The van der Waals surface area contributed by atoms with Crippen molar-refractivity contribution in [1.82, 2.24) is 62.1 Å². The average Bonchev–Trinajstić information content (AvgIpc) is 1.51. The van der Waals surface area contributed by atoms with Crippen molar-refractivity contribution in [2.24, 2.45) is 17.8 Å². The summed E-state index contributed by atoms with van der Waals surface area (Å²) in [4.78, 5) is 172. The molecule has 0 radical (unpaired) electrons. The lowest BCUT2D eigenvalue weighted by atomic mass is 9.81. The minimum atomic E-state index is -1.63. The van der Waals surface area contributed by atoms with Gasteiger partial charge in [0.05, 0.1) is 38.5 Å². The first-order chi connectivity index (χ1) is 48.5. The van der Waals surface area contributed by atoms with E-state index in [1.165, 1.54) is 0 Å². The largest absolute Gasteiger partial charge is 0.481 e. The lowest BCUT2D eigenvalue weighted by Gasteiger charge is -2.33. The number of hydrogen-bond acceptors (Lipinski definition) is 19. The number of unbranched alkanes of at least 4 members (excludes halogenated alkanes) is 1. The van der Waals surface area contributed by atoms with Crippen LogP contribution in [0.15, 0.2) is 66.7 Å². The van der Waals surface area contributed by atoms with Gasteiger partial charge in [0.15, 0.2) is 0 Å². The third-order valence-corrected chi connectivity index (χ3v) is 18.1. The van der Waals surface area contributed by atoms with Crippen LogP contribution < -0.4 is 42.5 Å². The molecule has 0 bridgehead atoms. The topological polar surface area (TPSA) is 473 Å². The Hall–Kier alpha value is -9.21. The summed E-state index contributed by atoms with van der Waals surface area (Å²) in [6.45, 7) is 4.97. The van der Waals surface area contributed by atoms with Gasteiger partial charge >= 0.3 is 41.8 Å². The van der Waals surface area contributed by atoms with Gasteiger partial charge in [-0.3, -0.25) is 87.8 Å². The van der Waals surface area contributed by atoms with Crippen molar-refractivity contribution < 1.29 is 98.1 Å². The van der Waals surface area contributed by atoms with Crippen LogP contribution in [0.4, 0.5) is 0 Å². The summed E-state index contributed by atoms with van der Waals surface area (Å²) in [7, 11) is 0. The lowest BCUT2D eigenvalue weighted by Crippen LogP contribution is -2.53. The first-order valence-electron chi connectivity index (χ1n) is 34.7. The smallest absolute Gasteiger partial charge is 0.326 e. The SMILES string of the molecule is CC(C)Cc1ccc(C(C)C(=O)NC(CC(=O)NCCC(NC(=O)CN2CCN(CC(=O)O)CCN(CC(=O)O)CCN(CC(=O)O)CC2)C(=O)NCC2CCC(C(=O)NC(Cc3ccc4ccccc4c3)C(=O)NCCCCC(NCNC(CCC(=O)O)C(=O)O)C(=O)O)CC2)C(=O)O)cc1. The third kappa shape index (κ3) is 31.4. The van der Waals surface area contributed by atoms with E-state index in [0.29, 0.717) is 50.0 Å². The standard InChI is InChI=1S/C70H102N12O20/c1-44(2)34-46-11-16-49(17-12-46)45(3)64(93)78-57(70(101)102)37-58(83)71-25-23-53(76-59(84)39-79-26-28-80(40-61(87)88)30-32-82(42-63(91)92)33-31-81(29-27-79)41-62(89)90)66(95)73-38-47-13-19-51(20-14-47)65(94)77-56(36-48-15-18-50-8-4-5-9-52(50)35-48)67(96)72-24-7-6-10-54(68(97)98)74-43-75-55(69(99)100)21-22-60(85)86/h4-5,8-9,11-12,15-18,35,44-45,47,51,53-57,74-75H,6-7,10,13-14,19-34,36-43H2,1-3H3,(H,71,83)(H,72,96)(H,73,95)(H,76,84)(H,77,94)(H,78,93)(H,85,86)(H,87,88)(H,89,90)(H,91,92)(H,97,98)(H,99,100)(H,101,102). The molecule has 5 rings (SSSR count). The molecule has 32 heteroatoms. The molecule has 3 aromatic rings. The van der Waals surface area contributed by atoms with Crippen LogP contribution in [0.1, 0.15) is 114 Å². The van der Waals surface area contributed by atoms with E-state index in [1.54, 1.807) is 38.7 Å². The molecule has 1 aliphatic carbocycles. The molecule has 6 amide bonds. The van der Waals surface area contributed by atoms with Gasteiger partial charge in [0.1, 0.15) is 30.2 Å². The lowest BCUT2D eigenvalue weighted by molar-refractivity contribution is -0.143. The zero-order valence-corrected chi connectivity index (χ0v) is 58.3. The van der Waals surface area contributed by atoms with E-state index >= 15 is 0 Å². The second-order valence-corrected chi connectivity index (χ2v) is 26.7. The fourth-order valence-electron chi connectivity index (χ4n) is 12.3. The molecule has 3 aromatic carbocycles. The van der Waals surface area contributed by atoms with Crippen molar-refractivity contribution in [3.8, 4) is 0 Å². The highest BCUT2D eigenvalue weighted by atomic mass is 16.4. The minimum absolute atomic E-state index is 0.0944. The molecule has 1 aliphatic heterocycles. The van der Waals surface area contributed by atoms with E-state index in [-0.39, 0.29) is 129 Å². The van der Waals surface area contributed by atoms with Gasteiger partial charge in [0.25, 0.3) is 0 Å². The maximum absolute atomic E-state index is 14.3. The quantitative estimate of drug-likeness (QED) is 0.0270. The number of rotatable bonds is 42. The normalized spacial score (nSPS) is 17.7. The zero-order valence-electron chi connectivity index (χ0n) is 58.3. The molecule has 2 aliphatic rings. The number of carbonyl (C=O) groups excluding carboxylic acids is 6. The molecule has 0 spiro atoms. The molecule has 1 heterocycles. The predicted molar refractivity (Wildman–Crippen MR) is 372 cm³/mol. The highest BCUT2D eigenvalue weighted by molar-refractivity contribution is 5.92. The van der Waals surface area contributed by atoms with Crippen molar-refractivity contribution in [2.45, 2.75) is 140 Å². The second-order valence-electron chi connectivity index (χ2n) is 26.7. The number of benzene rings is 3. The van der Waals surface area contributed by atoms with Crippen molar-refractivity contribution in [3.05, 3.63) is 83.4 Å². The Kier molecular flexibility index (Phi) is 35.6. The predicted octanol–water partition coefficient (Wildman–Crippen LogP) is 0.412. The summed E-state index contributed by atoms with van der Waals surface area (Å²) in [6.07, 6.45) is 1.94. The molecule has 1 saturated carbocycles. The minimum Gasteiger partial charge on any atom is -0.481 e. The Bertz CT molecular complexity index is 3280. The van der Waals surface area contributed by atoms with Crippen molar-refractivity contribution >= 4 is 88.0 Å². The summed E-state index contributed by atoms with van der Waals surface area (Å²) in [5.74, 6) is -13.1. The van der Waals surface area contributed by atoms with Gasteiger partial charge in [-0.1, -0.05) is 80.6 Å². The average molecular weight is 1430 g/mol. The van der Waals surface area contributed by atoms with Crippen molar-refractivity contribution in [2.75, 3.05) is 105 Å². The van der Waals surface area contributed by atoms with E-state index in [1.807, 2.05) is 54.6 Å². The number of carboxylic acids is 7. The first kappa shape index (κ1) is 83.5. The number of carboxylic acid groups (broad SMARTS) is 7. The van der Waals surface area contributed by atoms with Crippen LogP contribution in [0.3, 0.4) is 0 Å². The van der Waals surface area contributed by atoms with Crippen molar-refractivity contribution in [1.29, 1.82) is 0 Å². The molecule has 562 valence electrons. The zero-order chi connectivity index (χ0) is 74.8. The Labute approximate surface area is 592 Å². The third-order valence-electron chi connectivity index (χ3n) is 18.1. The Morgan fingerprint density at radius 2 is 0.971 bits per heavy atom. The van der Waals surface area contributed by atoms with E-state index in [9.17, 15) is 93.0 Å². The van der Waals surface area contributed by atoms with Crippen LogP contribution in [0, 0.1) is 17.8 Å². The van der Waals surface area contributed by atoms with Gasteiger partial charge in [-0.25, -0.2) is 4.79 Å². The second kappa shape index (κ2) is 43.6. The number of carbonyl (C=O) groups is 13. The van der Waals surface area contributed by atoms with Gasteiger partial charge in [0, 0.05) is 97.4 Å².